The van der Waals surface area contributed by atoms with Gasteiger partial charge in [0.05, 0.1) is 12.2 Å². The van der Waals surface area contributed by atoms with Crippen molar-refractivity contribution in [1.82, 2.24) is 0 Å². The number of ether oxygens (including phenoxy) is 2. The van der Waals surface area contributed by atoms with E-state index in [9.17, 15) is 4.79 Å². The smallest absolute Gasteiger partial charge is 0.194 e. The summed E-state index contributed by atoms with van der Waals surface area (Å²) in [5, 5.41) is 0.0159. The number of ketones is 1. The third-order valence-corrected chi connectivity index (χ3v) is 16.8. The minimum atomic E-state index is -2.24. The molecule has 1 heterocycles. The first-order chi connectivity index (χ1) is 14.9. The fraction of sp³-hybridized carbons (Fsp3) is 0.731. The van der Waals surface area contributed by atoms with Gasteiger partial charge in [0.1, 0.15) is 18.3 Å². The summed E-state index contributed by atoms with van der Waals surface area (Å²) in [4.78, 5) is 13.6. The molecule has 1 aromatic carbocycles. The van der Waals surface area contributed by atoms with Crippen molar-refractivity contribution >= 4 is 22.4 Å². The molecule has 7 heteroatoms. The Morgan fingerprint density at radius 1 is 0.818 bits per heavy atom. The summed E-state index contributed by atoms with van der Waals surface area (Å²) in [6.45, 7) is 24.1. The van der Waals surface area contributed by atoms with Crippen LogP contribution in [-0.2, 0) is 18.3 Å². The van der Waals surface area contributed by atoms with E-state index in [0.717, 1.165) is 0 Å². The molecule has 5 nitrogen and oxygen atoms in total. The highest BCUT2D eigenvalue weighted by atomic mass is 28.4. The van der Waals surface area contributed by atoms with Crippen LogP contribution in [0.1, 0.15) is 58.8 Å². The van der Waals surface area contributed by atoms with Gasteiger partial charge in [-0.05, 0) is 43.2 Å². The van der Waals surface area contributed by atoms with Gasteiger partial charge in [0.2, 0.25) is 0 Å². The third kappa shape index (κ3) is 6.24. The standard InChI is InChI=1S/C26H46O5Si2/c1-18-21(30-32(9,10)25(2,3)4)23(28-8)24(31-33(11,12)26(5,6)7)22(29-18)20(27)19-16-14-13-15-17-19/h13-18,21-24H,1-12H3/t18-,21-,22-,23-,24-/m1/s1. The van der Waals surface area contributed by atoms with Crippen LogP contribution < -0.4 is 0 Å². The van der Waals surface area contributed by atoms with Crippen LogP contribution in [0.4, 0.5) is 0 Å². The lowest BCUT2D eigenvalue weighted by Gasteiger charge is -2.51. The average molecular weight is 495 g/mol. The summed E-state index contributed by atoms with van der Waals surface area (Å²) in [7, 11) is -2.67. The number of carbonyl (C=O) groups is 1. The first kappa shape index (κ1) is 28.4. The van der Waals surface area contributed by atoms with Crippen LogP contribution >= 0.6 is 0 Å². The Hall–Kier alpha value is -0.836. The maximum absolute atomic E-state index is 13.6. The molecule has 0 aliphatic carbocycles. The highest BCUT2D eigenvalue weighted by molar-refractivity contribution is 6.74. The van der Waals surface area contributed by atoms with E-state index in [1.807, 2.05) is 37.3 Å². The van der Waals surface area contributed by atoms with E-state index in [2.05, 4.69) is 67.7 Å². The molecule has 0 radical (unpaired) electrons. The quantitative estimate of drug-likeness (QED) is 0.322. The number of benzene rings is 1. The number of hydrogen-bond donors (Lipinski definition) is 0. The maximum atomic E-state index is 13.6. The van der Waals surface area contributed by atoms with Gasteiger partial charge in [0.25, 0.3) is 0 Å². The van der Waals surface area contributed by atoms with E-state index in [-0.39, 0.29) is 28.1 Å². The molecule has 1 fully saturated rings. The van der Waals surface area contributed by atoms with Gasteiger partial charge < -0.3 is 18.3 Å². The lowest BCUT2D eigenvalue weighted by molar-refractivity contribution is -0.202. The van der Waals surface area contributed by atoms with Gasteiger partial charge in [-0.25, -0.2) is 0 Å². The predicted octanol–water partition coefficient (Wildman–Crippen LogP) is 6.45. The summed E-state index contributed by atoms with van der Waals surface area (Å²) in [5.41, 5.74) is 0.622. The molecular formula is C26H46O5Si2. The second-order valence-electron chi connectivity index (χ2n) is 12.4. The minimum absolute atomic E-state index is 0.0233. The molecule has 0 amide bonds. The molecule has 1 saturated heterocycles. The van der Waals surface area contributed by atoms with Gasteiger partial charge in [-0.1, -0.05) is 71.9 Å². The molecule has 1 aromatic rings. The first-order valence-corrected chi connectivity index (χ1v) is 17.9. The van der Waals surface area contributed by atoms with Crippen molar-refractivity contribution in [2.24, 2.45) is 0 Å². The summed E-state index contributed by atoms with van der Waals surface area (Å²) < 4.78 is 26.2. The molecule has 2 rings (SSSR count). The Balaban J connectivity index is 2.51. The van der Waals surface area contributed by atoms with Gasteiger partial charge in [-0.15, -0.1) is 0 Å². The van der Waals surface area contributed by atoms with Crippen LogP contribution in [0, 0.1) is 0 Å². The predicted molar refractivity (Wildman–Crippen MR) is 140 cm³/mol. The Kier molecular flexibility index (Phi) is 8.63. The van der Waals surface area contributed by atoms with E-state index in [1.54, 1.807) is 7.11 Å². The van der Waals surface area contributed by atoms with Crippen molar-refractivity contribution < 1.29 is 23.1 Å². The molecule has 33 heavy (non-hydrogen) atoms. The molecule has 0 N–H and O–H groups in total. The topological polar surface area (TPSA) is 54.0 Å². The Bertz CT molecular complexity index is 795. The normalized spacial score (nSPS) is 27.5. The monoisotopic (exact) mass is 494 g/mol. The van der Waals surface area contributed by atoms with E-state index in [0.29, 0.717) is 5.56 Å². The van der Waals surface area contributed by atoms with Crippen LogP contribution in [0.5, 0.6) is 0 Å². The van der Waals surface area contributed by atoms with E-state index >= 15 is 0 Å². The lowest BCUT2D eigenvalue weighted by atomic mass is 9.91. The third-order valence-electron chi connectivity index (χ3n) is 7.83. The molecule has 188 valence electrons. The molecule has 0 spiro atoms. The van der Waals surface area contributed by atoms with Gasteiger partial charge in [-0.3, -0.25) is 4.79 Å². The zero-order chi connectivity index (χ0) is 25.4. The van der Waals surface area contributed by atoms with Crippen molar-refractivity contribution in [1.29, 1.82) is 0 Å². The second kappa shape index (κ2) is 10.0. The summed E-state index contributed by atoms with van der Waals surface area (Å²) in [6, 6.07) is 9.33. The fourth-order valence-corrected chi connectivity index (χ4v) is 6.24. The van der Waals surface area contributed by atoms with Gasteiger partial charge >= 0.3 is 0 Å². The van der Waals surface area contributed by atoms with E-state index in [1.165, 1.54) is 0 Å². The van der Waals surface area contributed by atoms with Gasteiger partial charge in [0.15, 0.2) is 22.4 Å². The molecular weight excluding hydrogens is 448 g/mol. The number of rotatable bonds is 7. The zero-order valence-corrected chi connectivity index (χ0v) is 24.8. The molecule has 5 atom stereocenters. The van der Waals surface area contributed by atoms with Crippen molar-refractivity contribution in [3.63, 3.8) is 0 Å². The highest BCUT2D eigenvalue weighted by Gasteiger charge is 2.54. The molecule has 1 aliphatic heterocycles. The first-order valence-electron chi connectivity index (χ1n) is 12.1. The van der Waals surface area contributed by atoms with Crippen molar-refractivity contribution in [3.8, 4) is 0 Å². The molecule has 0 bridgehead atoms. The van der Waals surface area contributed by atoms with E-state index in [4.69, 9.17) is 18.3 Å². The summed E-state index contributed by atoms with van der Waals surface area (Å²) in [5.74, 6) is -0.0704. The Morgan fingerprint density at radius 2 is 1.27 bits per heavy atom. The summed E-state index contributed by atoms with van der Waals surface area (Å²) >= 11 is 0. The number of hydrogen-bond acceptors (Lipinski definition) is 5. The van der Waals surface area contributed by atoms with Crippen LogP contribution in [-0.4, -0.2) is 60.0 Å². The molecule has 0 unspecified atom stereocenters. The van der Waals surface area contributed by atoms with Crippen molar-refractivity contribution in [2.75, 3.05) is 7.11 Å². The number of methoxy groups -OCH3 is 1. The van der Waals surface area contributed by atoms with Gasteiger partial charge in [-0.2, -0.15) is 0 Å². The molecule has 0 saturated carbocycles. The molecule has 1 aliphatic rings. The second-order valence-corrected chi connectivity index (χ2v) is 21.9. The number of Topliss-reactive ketones (excluding diaryl/α,β-unsaturated/α-hetero) is 1. The average Bonchev–Trinajstić information content (AvgIpc) is 2.68. The fourth-order valence-electron chi connectivity index (χ4n) is 3.58. The highest BCUT2D eigenvalue weighted by Crippen LogP contribution is 2.43. The lowest BCUT2D eigenvalue weighted by Crippen LogP contribution is -2.66. The van der Waals surface area contributed by atoms with Crippen LogP contribution in [0.25, 0.3) is 0 Å². The Morgan fingerprint density at radius 3 is 1.70 bits per heavy atom. The van der Waals surface area contributed by atoms with Crippen LogP contribution in [0.15, 0.2) is 30.3 Å². The van der Waals surface area contributed by atoms with Crippen molar-refractivity contribution in [2.45, 2.75) is 115 Å². The van der Waals surface area contributed by atoms with Crippen molar-refractivity contribution in [3.05, 3.63) is 35.9 Å². The number of carbonyl (C=O) groups excluding carboxylic acids is 1. The Labute approximate surface area is 203 Å². The van der Waals surface area contributed by atoms with Gasteiger partial charge in [0, 0.05) is 12.7 Å². The van der Waals surface area contributed by atoms with Crippen LogP contribution in [0.2, 0.25) is 36.3 Å². The summed E-state index contributed by atoms with van der Waals surface area (Å²) in [6.07, 6.45) is -2.32. The van der Waals surface area contributed by atoms with Crippen LogP contribution in [0.3, 0.4) is 0 Å². The maximum Gasteiger partial charge on any atom is 0.194 e. The zero-order valence-electron chi connectivity index (χ0n) is 22.8. The minimum Gasteiger partial charge on any atom is -0.409 e. The largest absolute Gasteiger partial charge is 0.409 e. The SMILES string of the molecule is CO[C@H]1[C@H](O[Si](C)(C)C(C)(C)C)[C@@H](C(=O)c2ccccc2)O[C@H](C)[C@H]1O[Si](C)(C)C(C)(C)C. The molecule has 0 aromatic heterocycles. The van der Waals surface area contributed by atoms with E-state index < -0.39 is 34.9 Å².